The van der Waals surface area contributed by atoms with Crippen LogP contribution in [-0.4, -0.2) is 49.7 Å². The SMILES string of the molecule is COc1cccnc1N1CCN(CCc2csc3ccccc23)CC1. The molecule has 1 aliphatic heterocycles. The van der Waals surface area contributed by atoms with Crippen LogP contribution in [0.1, 0.15) is 5.56 Å². The Balaban J connectivity index is 1.35. The number of fused-ring (bicyclic) bond motifs is 1. The second-order valence-corrected chi connectivity index (χ2v) is 7.28. The zero-order chi connectivity index (χ0) is 17.1. The van der Waals surface area contributed by atoms with Crippen molar-refractivity contribution >= 4 is 27.2 Å². The van der Waals surface area contributed by atoms with Crippen molar-refractivity contribution in [3.63, 3.8) is 0 Å². The summed E-state index contributed by atoms with van der Waals surface area (Å²) in [6.45, 7) is 5.26. The quantitative estimate of drug-likeness (QED) is 0.700. The summed E-state index contributed by atoms with van der Waals surface area (Å²) >= 11 is 1.85. The van der Waals surface area contributed by atoms with E-state index < -0.39 is 0 Å². The average Bonchev–Trinajstić information content (AvgIpc) is 3.10. The molecule has 0 unspecified atom stereocenters. The molecular formula is C20H23N3OS. The zero-order valence-electron chi connectivity index (χ0n) is 14.5. The normalized spacial score (nSPS) is 15.6. The van der Waals surface area contributed by atoms with Crippen LogP contribution in [0.15, 0.2) is 48.0 Å². The lowest BCUT2D eigenvalue weighted by molar-refractivity contribution is 0.259. The third-order valence-electron chi connectivity index (χ3n) is 4.90. The lowest BCUT2D eigenvalue weighted by Gasteiger charge is -2.35. The maximum atomic E-state index is 5.45. The van der Waals surface area contributed by atoms with Crippen LogP contribution in [0.5, 0.6) is 5.75 Å². The molecule has 0 atom stereocenters. The van der Waals surface area contributed by atoms with Gasteiger partial charge in [0.05, 0.1) is 7.11 Å². The molecule has 1 aliphatic rings. The van der Waals surface area contributed by atoms with E-state index in [1.165, 1.54) is 15.6 Å². The highest BCUT2D eigenvalue weighted by Gasteiger charge is 2.20. The molecular weight excluding hydrogens is 330 g/mol. The summed E-state index contributed by atoms with van der Waals surface area (Å²) in [5, 5.41) is 3.74. The Kier molecular flexibility index (Phi) is 4.85. The summed E-state index contributed by atoms with van der Waals surface area (Å²) in [5.74, 6) is 1.83. The fraction of sp³-hybridized carbons (Fsp3) is 0.350. The van der Waals surface area contributed by atoms with Crippen molar-refractivity contribution in [2.45, 2.75) is 6.42 Å². The first-order valence-electron chi connectivity index (χ1n) is 8.76. The molecule has 4 rings (SSSR count). The summed E-state index contributed by atoms with van der Waals surface area (Å²) in [6.07, 6.45) is 2.96. The molecule has 0 bridgehead atoms. The van der Waals surface area contributed by atoms with Gasteiger partial charge in [0, 0.05) is 43.6 Å². The van der Waals surface area contributed by atoms with E-state index in [0.29, 0.717) is 0 Å². The summed E-state index contributed by atoms with van der Waals surface area (Å²) < 4.78 is 6.84. The number of nitrogens with zero attached hydrogens (tertiary/aromatic N) is 3. The Morgan fingerprint density at radius 2 is 1.92 bits per heavy atom. The molecule has 2 aromatic heterocycles. The van der Waals surface area contributed by atoms with Crippen LogP contribution in [0.2, 0.25) is 0 Å². The summed E-state index contributed by atoms with van der Waals surface area (Å²) in [6, 6.07) is 12.6. The monoisotopic (exact) mass is 353 g/mol. The second kappa shape index (κ2) is 7.42. The molecule has 3 aromatic rings. The van der Waals surface area contributed by atoms with Crippen molar-refractivity contribution in [2.24, 2.45) is 0 Å². The molecule has 25 heavy (non-hydrogen) atoms. The Bertz CT molecular complexity index is 840. The highest BCUT2D eigenvalue weighted by atomic mass is 32.1. The van der Waals surface area contributed by atoms with E-state index in [-0.39, 0.29) is 0 Å². The van der Waals surface area contributed by atoms with E-state index >= 15 is 0 Å². The van der Waals surface area contributed by atoms with Gasteiger partial charge in [0.25, 0.3) is 0 Å². The third kappa shape index (κ3) is 3.48. The summed E-state index contributed by atoms with van der Waals surface area (Å²) in [7, 11) is 1.71. The predicted molar refractivity (Wildman–Crippen MR) is 105 cm³/mol. The van der Waals surface area contributed by atoms with Gasteiger partial charge >= 0.3 is 0 Å². The smallest absolute Gasteiger partial charge is 0.171 e. The van der Waals surface area contributed by atoms with Gasteiger partial charge in [-0.15, -0.1) is 11.3 Å². The van der Waals surface area contributed by atoms with Gasteiger partial charge in [-0.25, -0.2) is 4.98 Å². The first kappa shape index (κ1) is 16.4. The number of methoxy groups -OCH3 is 1. The van der Waals surface area contributed by atoms with Gasteiger partial charge in [0.1, 0.15) is 0 Å². The number of thiophene rings is 1. The second-order valence-electron chi connectivity index (χ2n) is 6.37. The summed E-state index contributed by atoms with van der Waals surface area (Å²) in [5.41, 5.74) is 1.48. The standard InChI is InChI=1S/C20H23N3OS/c1-24-18-6-4-9-21-20(18)23-13-11-22(12-14-23)10-8-16-15-25-19-7-3-2-5-17(16)19/h2-7,9,15H,8,10-14H2,1H3. The molecule has 1 saturated heterocycles. The third-order valence-corrected chi connectivity index (χ3v) is 5.91. The Morgan fingerprint density at radius 1 is 1.08 bits per heavy atom. The van der Waals surface area contributed by atoms with Crippen LogP contribution in [0, 0.1) is 0 Å². The van der Waals surface area contributed by atoms with Gasteiger partial charge in [0.2, 0.25) is 0 Å². The van der Waals surface area contributed by atoms with Crippen molar-refractivity contribution in [3.8, 4) is 5.75 Å². The molecule has 0 N–H and O–H groups in total. The number of piperazine rings is 1. The Labute approximate surface area is 152 Å². The van der Waals surface area contributed by atoms with E-state index in [4.69, 9.17) is 4.74 Å². The highest BCUT2D eigenvalue weighted by molar-refractivity contribution is 7.17. The fourth-order valence-electron chi connectivity index (χ4n) is 3.47. The molecule has 1 fully saturated rings. The number of rotatable bonds is 5. The van der Waals surface area contributed by atoms with Crippen molar-refractivity contribution in [3.05, 3.63) is 53.5 Å². The molecule has 4 nitrogen and oxygen atoms in total. The van der Waals surface area contributed by atoms with Crippen LogP contribution in [-0.2, 0) is 6.42 Å². The number of anilines is 1. The Morgan fingerprint density at radius 3 is 2.76 bits per heavy atom. The number of pyridine rings is 1. The van der Waals surface area contributed by atoms with Gasteiger partial charge in [-0.05, 0) is 40.9 Å². The first-order chi connectivity index (χ1) is 12.3. The van der Waals surface area contributed by atoms with E-state index in [2.05, 4.69) is 44.4 Å². The number of hydrogen-bond acceptors (Lipinski definition) is 5. The van der Waals surface area contributed by atoms with Crippen LogP contribution in [0.3, 0.4) is 0 Å². The van der Waals surface area contributed by atoms with Gasteiger partial charge in [-0.3, -0.25) is 4.90 Å². The van der Waals surface area contributed by atoms with Crippen molar-refractivity contribution in [2.75, 3.05) is 44.7 Å². The maximum absolute atomic E-state index is 5.45. The molecule has 5 heteroatoms. The van der Waals surface area contributed by atoms with Crippen molar-refractivity contribution in [1.82, 2.24) is 9.88 Å². The van der Waals surface area contributed by atoms with E-state index in [0.717, 1.165) is 50.7 Å². The van der Waals surface area contributed by atoms with Crippen molar-refractivity contribution < 1.29 is 4.74 Å². The molecule has 0 saturated carbocycles. The van der Waals surface area contributed by atoms with Crippen LogP contribution < -0.4 is 9.64 Å². The lowest BCUT2D eigenvalue weighted by Crippen LogP contribution is -2.47. The maximum Gasteiger partial charge on any atom is 0.171 e. The minimum Gasteiger partial charge on any atom is -0.493 e. The number of hydrogen-bond donors (Lipinski definition) is 0. The number of ether oxygens (including phenoxy) is 1. The fourth-order valence-corrected chi connectivity index (χ4v) is 4.46. The molecule has 0 amide bonds. The minimum absolute atomic E-state index is 0.862. The van der Waals surface area contributed by atoms with Crippen LogP contribution >= 0.6 is 11.3 Å². The molecule has 3 heterocycles. The van der Waals surface area contributed by atoms with Crippen LogP contribution in [0.4, 0.5) is 5.82 Å². The van der Waals surface area contributed by atoms with Crippen molar-refractivity contribution in [1.29, 1.82) is 0 Å². The van der Waals surface area contributed by atoms with Gasteiger partial charge in [-0.2, -0.15) is 0 Å². The molecule has 0 radical (unpaired) electrons. The van der Waals surface area contributed by atoms with Gasteiger partial charge in [0.15, 0.2) is 11.6 Å². The lowest BCUT2D eigenvalue weighted by atomic mass is 10.1. The molecule has 0 spiro atoms. The summed E-state index contributed by atoms with van der Waals surface area (Å²) in [4.78, 5) is 9.39. The molecule has 1 aromatic carbocycles. The topological polar surface area (TPSA) is 28.6 Å². The van der Waals surface area contributed by atoms with Gasteiger partial charge < -0.3 is 9.64 Å². The van der Waals surface area contributed by atoms with Gasteiger partial charge in [-0.1, -0.05) is 18.2 Å². The number of benzene rings is 1. The highest BCUT2D eigenvalue weighted by Crippen LogP contribution is 2.27. The Hall–Kier alpha value is -2.11. The zero-order valence-corrected chi connectivity index (χ0v) is 15.3. The average molecular weight is 353 g/mol. The first-order valence-corrected chi connectivity index (χ1v) is 9.64. The largest absolute Gasteiger partial charge is 0.493 e. The minimum atomic E-state index is 0.862. The van der Waals surface area contributed by atoms with E-state index in [1.54, 1.807) is 7.11 Å². The van der Waals surface area contributed by atoms with Crippen LogP contribution in [0.25, 0.3) is 10.1 Å². The molecule has 130 valence electrons. The van der Waals surface area contributed by atoms with E-state index in [9.17, 15) is 0 Å². The number of aromatic nitrogens is 1. The van der Waals surface area contributed by atoms with E-state index in [1.807, 2.05) is 29.7 Å². The molecule has 0 aliphatic carbocycles. The predicted octanol–water partition coefficient (Wildman–Crippen LogP) is 3.67.